The van der Waals surface area contributed by atoms with Gasteiger partial charge in [0.2, 0.25) is 0 Å². The molecule has 8 heteroatoms. The van der Waals surface area contributed by atoms with Crippen LogP contribution in [-0.2, 0) is 0 Å². The standard InChI is InChI=1S/C33H32N4O4/c1-20-10-12-22-6-3-8-24-28(22)26(20)32(40)36(30(24)38)18-16-34-14-5-15-35-17-19-37-31(39)25-9-4-7-23-13-11-21(2)27(29(23)25)33(37)41/h3-4,6-13,34-35H,5,14-19H2,1-2H3. The summed E-state index contributed by atoms with van der Waals surface area (Å²) < 4.78 is 0. The summed E-state index contributed by atoms with van der Waals surface area (Å²) in [5, 5.41) is 9.94. The zero-order chi connectivity index (χ0) is 28.7. The molecule has 0 spiro atoms. The maximum atomic E-state index is 13.2. The largest absolute Gasteiger partial charge is 0.315 e. The van der Waals surface area contributed by atoms with Crippen molar-refractivity contribution >= 4 is 45.2 Å². The molecule has 0 bridgehead atoms. The van der Waals surface area contributed by atoms with Crippen molar-refractivity contribution in [2.45, 2.75) is 20.3 Å². The Bertz CT molecular complexity index is 1620. The highest BCUT2D eigenvalue weighted by Gasteiger charge is 2.34. The van der Waals surface area contributed by atoms with Crippen LogP contribution in [0.2, 0.25) is 0 Å². The number of imide groups is 2. The van der Waals surface area contributed by atoms with Crippen molar-refractivity contribution in [3.63, 3.8) is 0 Å². The van der Waals surface area contributed by atoms with E-state index in [2.05, 4.69) is 10.6 Å². The number of carbonyl (C=O) groups is 4. The molecule has 0 aromatic heterocycles. The highest BCUT2D eigenvalue weighted by molar-refractivity contribution is 6.27. The minimum Gasteiger partial charge on any atom is -0.315 e. The molecule has 2 heterocycles. The summed E-state index contributed by atoms with van der Waals surface area (Å²) >= 11 is 0. The average molecular weight is 549 g/mol. The molecule has 0 radical (unpaired) electrons. The van der Waals surface area contributed by atoms with Gasteiger partial charge in [0.25, 0.3) is 23.6 Å². The quantitative estimate of drug-likeness (QED) is 0.229. The van der Waals surface area contributed by atoms with Gasteiger partial charge >= 0.3 is 0 Å². The summed E-state index contributed by atoms with van der Waals surface area (Å²) in [5.41, 5.74) is 4.12. The van der Waals surface area contributed by atoms with Crippen molar-refractivity contribution < 1.29 is 19.2 Å². The predicted octanol–water partition coefficient (Wildman–Crippen LogP) is 4.07. The highest BCUT2D eigenvalue weighted by atomic mass is 16.2. The monoisotopic (exact) mass is 548 g/mol. The van der Waals surface area contributed by atoms with Crippen LogP contribution in [-0.4, -0.2) is 72.7 Å². The minimum absolute atomic E-state index is 0.240. The number of carbonyl (C=O) groups excluding carboxylic acids is 4. The van der Waals surface area contributed by atoms with Gasteiger partial charge < -0.3 is 10.6 Å². The van der Waals surface area contributed by atoms with Gasteiger partial charge in [-0.1, -0.05) is 48.5 Å². The molecule has 0 atom stereocenters. The molecule has 41 heavy (non-hydrogen) atoms. The fourth-order valence-corrected chi connectivity index (χ4v) is 6.00. The molecule has 4 aromatic rings. The first-order valence-corrected chi connectivity index (χ1v) is 14.1. The molecular formula is C33H32N4O4. The molecule has 0 fully saturated rings. The van der Waals surface area contributed by atoms with E-state index in [1.807, 2.05) is 62.4 Å². The van der Waals surface area contributed by atoms with E-state index in [9.17, 15) is 19.2 Å². The fraction of sp³-hybridized carbons (Fsp3) is 0.273. The number of aryl methyl sites for hydroxylation is 2. The van der Waals surface area contributed by atoms with Crippen LogP contribution < -0.4 is 10.6 Å². The Hall–Kier alpha value is -4.40. The summed E-state index contributed by atoms with van der Waals surface area (Å²) in [6, 6.07) is 18.9. The molecule has 0 saturated heterocycles. The molecular weight excluding hydrogens is 516 g/mol. The first kappa shape index (κ1) is 26.8. The number of amides is 4. The van der Waals surface area contributed by atoms with Crippen molar-refractivity contribution in [2.75, 3.05) is 39.3 Å². The maximum absolute atomic E-state index is 13.2. The second-order valence-electron chi connectivity index (χ2n) is 10.7. The van der Waals surface area contributed by atoms with Crippen molar-refractivity contribution in [2.24, 2.45) is 0 Å². The lowest BCUT2D eigenvalue weighted by molar-refractivity contribution is 0.0597. The number of benzene rings is 4. The van der Waals surface area contributed by atoms with E-state index in [1.165, 1.54) is 9.80 Å². The van der Waals surface area contributed by atoms with Crippen molar-refractivity contribution in [1.82, 2.24) is 20.4 Å². The van der Waals surface area contributed by atoms with Gasteiger partial charge in [-0.25, -0.2) is 0 Å². The van der Waals surface area contributed by atoms with E-state index < -0.39 is 0 Å². The van der Waals surface area contributed by atoms with Crippen molar-refractivity contribution in [3.8, 4) is 0 Å². The Morgan fingerprint density at radius 2 is 0.976 bits per heavy atom. The highest BCUT2D eigenvalue weighted by Crippen LogP contribution is 2.33. The van der Waals surface area contributed by atoms with E-state index in [4.69, 9.17) is 0 Å². The van der Waals surface area contributed by atoms with Gasteiger partial charge in [-0.2, -0.15) is 0 Å². The normalized spacial score (nSPS) is 14.6. The molecule has 4 amide bonds. The Balaban J connectivity index is 0.958. The van der Waals surface area contributed by atoms with Crippen LogP contribution in [0.1, 0.15) is 59.0 Å². The number of hydrogen-bond acceptors (Lipinski definition) is 6. The zero-order valence-corrected chi connectivity index (χ0v) is 23.3. The first-order chi connectivity index (χ1) is 19.9. The summed E-state index contributed by atoms with van der Waals surface area (Å²) in [6.07, 6.45) is 0.812. The smallest absolute Gasteiger partial charge is 0.261 e. The van der Waals surface area contributed by atoms with E-state index >= 15 is 0 Å². The minimum atomic E-state index is -0.252. The second kappa shape index (κ2) is 10.9. The molecule has 2 N–H and O–H groups in total. The first-order valence-electron chi connectivity index (χ1n) is 14.1. The summed E-state index contributed by atoms with van der Waals surface area (Å²) in [4.78, 5) is 55.3. The number of rotatable bonds is 10. The zero-order valence-electron chi connectivity index (χ0n) is 23.3. The third-order valence-corrected chi connectivity index (χ3v) is 8.11. The maximum Gasteiger partial charge on any atom is 0.261 e. The lowest BCUT2D eigenvalue weighted by Crippen LogP contribution is -2.44. The van der Waals surface area contributed by atoms with Crippen molar-refractivity contribution in [1.29, 1.82) is 0 Å². The molecule has 2 aliphatic heterocycles. The molecule has 2 aliphatic rings. The van der Waals surface area contributed by atoms with Crippen LogP contribution in [0.5, 0.6) is 0 Å². The van der Waals surface area contributed by atoms with E-state index in [1.54, 1.807) is 12.1 Å². The van der Waals surface area contributed by atoms with Gasteiger partial charge in [0.05, 0.1) is 11.1 Å². The van der Waals surface area contributed by atoms with Gasteiger partial charge in [0, 0.05) is 48.1 Å². The number of hydrogen-bond donors (Lipinski definition) is 2. The van der Waals surface area contributed by atoms with Crippen LogP contribution in [0.3, 0.4) is 0 Å². The van der Waals surface area contributed by atoms with Crippen LogP contribution in [0.25, 0.3) is 21.5 Å². The van der Waals surface area contributed by atoms with Crippen LogP contribution in [0.4, 0.5) is 0 Å². The molecule has 0 unspecified atom stereocenters. The lowest BCUT2D eigenvalue weighted by Gasteiger charge is -2.28. The van der Waals surface area contributed by atoms with E-state index in [0.29, 0.717) is 61.5 Å². The third kappa shape index (κ3) is 4.59. The number of nitrogens with zero attached hydrogens (tertiary/aromatic N) is 2. The summed E-state index contributed by atoms with van der Waals surface area (Å²) in [6.45, 7) is 6.78. The third-order valence-electron chi connectivity index (χ3n) is 8.11. The molecule has 208 valence electrons. The van der Waals surface area contributed by atoms with Crippen LogP contribution >= 0.6 is 0 Å². The lowest BCUT2D eigenvalue weighted by atomic mass is 9.91. The molecule has 4 aromatic carbocycles. The van der Waals surface area contributed by atoms with Gasteiger partial charge in [0.15, 0.2) is 0 Å². The van der Waals surface area contributed by atoms with Crippen LogP contribution in [0.15, 0.2) is 60.7 Å². The van der Waals surface area contributed by atoms with Gasteiger partial charge in [0.1, 0.15) is 0 Å². The molecule has 0 saturated carbocycles. The van der Waals surface area contributed by atoms with Crippen molar-refractivity contribution in [3.05, 3.63) is 94.0 Å². The average Bonchev–Trinajstić information content (AvgIpc) is 2.97. The topological polar surface area (TPSA) is 98.8 Å². The molecule has 6 rings (SSSR count). The molecule has 8 nitrogen and oxygen atoms in total. The molecule has 0 aliphatic carbocycles. The fourth-order valence-electron chi connectivity index (χ4n) is 6.00. The second-order valence-corrected chi connectivity index (χ2v) is 10.7. The summed E-state index contributed by atoms with van der Waals surface area (Å²) in [5.74, 6) is -0.983. The Morgan fingerprint density at radius 3 is 1.41 bits per heavy atom. The van der Waals surface area contributed by atoms with E-state index in [0.717, 1.165) is 39.1 Å². The number of nitrogens with one attached hydrogen (secondary N) is 2. The summed E-state index contributed by atoms with van der Waals surface area (Å²) in [7, 11) is 0. The van der Waals surface area contributed by atoms with Crippen LogP contribution in [0, 0.1) is 13.8 Å². The van der Waals surface area contributed by atoms with Gasteiger partial charge in [-0.3, -0.25) is 29.0 Å². The SMILES string of the molecule is Cc1ccc2cccc3c2c1C(=O)N(CCNCCCNCCN1C(=O)c2cccc4ccc(C)c(c24)C1=O)C3=O. The van der Waals surface area contributed by atoms with E-state index in [-0.39, 0.29) is 23.6 Å². The van der Waals surface area contributed by atoms with Gasteiger partial charge in [-0.15, -0.1) is 0 Å². The predicted molar refractivity (Wildman–Crippen MR) is 158 cm³/mol. The Morgan fingerprint density at radius 1 is 0.537 bits per heavy atom. The van der Waals surface area contributed by atoms with Gasteiger partial charge in [-0.05, 0) is 67.4 Å². The Kier molecular flexibility index (Phi) is 7.11. The Labute approximate surface area is 238 Å².